The lowest BCUT2D eigenvalue weighted by atomic mass is 10.1. The van der Waals surface area contributed by atoms with Crippen molar-refractivity contribution in [2.75, 3.05) is 31.5 Å². The van der Waals surface area contributed by atoms with Crippen LogP contribution in [0.5, 0.6) is 0 Å². The number of piperazine rings is 1. The number of carbonyl (C=O) groups excluding carboxylic acids is 2. The minimum atomic E-state index is -0.345. The summed E-state index contributed by atoms with van der Waals surface area (Å²) in [6.45, 7) is 3.99. The van der Waals surface area contributed by atoms with Crippen molar-refractivity contribution in [3.05, 3.63) is 65.5 Å². The lowest BCUT2D eigenvalue weighted by Crippen LogP contribution is -2.51. The second kappa shape index (κ2) is 7.99. The van der Waals surface area contributed by atoms with E-state index in [4.69, 9.17) is 0 Å². The van der Waals surface area contributed by atoms with Gasteiger partial charge < -0.3 is 15.1 Å². The molecular weight excluding hydrogens is 333 g/mol. The summed E-state index contributed by atoms with van der Waals surface area (Å²) in [7, 11) is 0. The third-order valence-corrected chi connectivity index (χ3v) is 4.56. The number of rotatable bonds is 3. The molecule has 0 aliphatic carbocycles. The summed E-state index contributed by atoms with van der Waals surface area (Å²) in [5, 5.41) is 2.74. The van der Waals surface area contributed by atoms with Gasteiger partial charge >= 0.3 is 6.03 Å². The molecule has 0 atom stereocenters. The van der Waals surface area contributed by atoms with E-state index in [1.807, 2.05) is 24.3 Å². The molecule has 6 heteroatoms. The molecule has 0 unspecified atom stereocenters. The van der Waals surface area contributed by atoms with Gasteiger partial charge in [-0.05, 0) is 48.4 Å². The van der Waals surface area contributed by atoms with E-state index < -0.39 is 0 Å². The monoisotopic (exact) mass is 355 g/mol. The van der Waals surface area contributed by atoms with Gasteiger partial charge in [0.05, 0.1) is 0 Å². The molecule has 0 saturated carbocycles. The van der Waals surface area contributed by atoms with Gasteiger partial charge in [-0.25, -0.2) is 9.18 Å². The molecule has 1 aliphatic heterocycles. The molecule has 5 nitrogen and oxygen atoms in total. The summed E-state index contributed by atoms with van der Waals surface area (Å²) in [5.74, 6) is -0.353. The zero-order chi connectivity index (χ0) is 18.5. The van der Waals surface area contributed by atoms with E-state index in [0.29, 0.717) is 37.4 Å². The summed E-state index contributed by atoms with van der Waals surface area (Å²) in [6, 6.07) is 13.1. The van der Waals surface area contributed by atoms with E-state index in [1.165, 1.54) is 29.8 Å². The van der Waals surface area contributed by atoms with Gasteiger partial charge in [0.1, 0.15) is 5.82 Å². The number of nitrogens with zero attached hydrogens (tertiary/aromatic N) is 2. The number of nitrogens with one attached hydrogen (secondary N) is 1. The second-order valence-electron chi connectivity index (χ2n) is 6.27. The fraction of sp³-hybridized carbons (Fsp3) is 0.300. The van der Waals surface area contributed by atoms with Crippen molar-refractivity contribution in [1.29, 1.82) is 0 Å². The maximum absolute atomic E-state index is 12.9. The lowest BCUT2D eigenvalue weighted by Gasteiger charge is -2.34. The molecule has 1 fully saturated rings. The molecule has 0 bridgehead atoms. The molecule has 2 aromatic carbocycles. The van der Waals surface area contributed by atoms with Crippen LogP contribution in [0.25, 0.3) is 0 Å². The standard InChI is InChI=1S/C20H22FN3O2/c1-2-15-3-5-16(6-4-15)19(25)23-11-13-24(14-12-23)20(26)22-18-9-7-17(21)8-10-18/h3-10H,2,11-14H2,1H3,(H,22,26). The molecule has 1 aliphatic rings. The molecule has 3 rings (SSSR count). The van der Waals surface area contributed by atoms with Crippen LogP contribution in [0.1, 0.15) is 22.8 Å². The minimum absolute atomic E-state index is 0.00811. The number of aryl methyl sites for hydroxylation is 1. The lowest BCUT2D eigenvalue weighted by molar-refractivity contribution is 0.0671. The molecule has 136 valence electrons. The van der Waals surface area contributed by atoms with Gasteiger partial charge in [0.15, 0.2) is 0 Å². The first-order valence-corrected chi connectivity index (χ1v) is 8.76. The Kier molecular flexibility index (Phi) is 5.51. The van der Waals surface area contributed by atoms with Crippen LogP contribution in [-0.4, -0.2) is 47.9 Å². The van der Waals surface area contributed by atoms with Crippen LogP contribution in [0.3, 0.4) is 0 Å². The second-order valence-corrected chi connectivity index (χ2v) is 6.27. The maximum Gasteiger partial charge on any atom is 0.321 e. The van der Waals surface area contributed by atoms with Crippen molar-refractivity contribution in [2.24, 2.45) is 0 Å². The molecule has 0 spiro atoms. The average molecular weight is 355 g/mol. The van der Waals surface area contributed by atoms with Crippen LogP contribution < -0.4 is 5.32 Å². The van der Waals surface area contributed by atoms with Crippen LogP contribution in [-0.2, 0) is 6.42 Å². The van der Waals surface area contributed by atoms with Gasteiger partial charge in [0.2, 0.25) is 0 Å². The predicted molar refractivity (Wildman–Crippen MR) is 98.7 cm³/mol. The number of amides is 3. The summed E-state index contributed by atoms with van der Waals surface area (Å²) in [5.41, 5.74) is 2.42. The van der Waals surface area contributed by atoms with E-state index >= 15 is 0 Å². The zero-order valence-electron chi connectivity index (χ0n) is 14.7. The summed E-state index contributed by atoms with van der Waals surface area (Å²) >= 11 is 0. The fourth-order valence-corrected chi connectivity index (χ4v) is 2.91. The highest BCUT2D eigenvalue weighted by atomic mass is 19.1. The minimum Gasteiger partial charge on any atom is -0.335 e. The fourth-order valence-electron chi connectivity index (χ4n) is 2.91. The first-order valence-electron chi connectivity index (χ1n) is 8.76. The Hall–Kier alpha value is -2.89. The molecular formula is C20H22FN3O2. The average Bonchev–Trinajstić information content (AvgIpc) is 2.69. The van der Waals surface area contributed by atoms with Gasteiger partial charge in [0, 0.05) is 37.4 Å². The van der Waals surface area contributed by atoms with Gasteiger partial charge in [-0.3, -0.25) is 4.79 Å². The van der Waals surface area contributed by atoms with E-state index in [1.54, 1.807) is 9.80 Å². The molecule has 3 amide bonds. The molecule has 1 heterocycles. The molecule has 0 radical (unpaired) electrons. The molecule has 2 aromatic rings. The van der Waals surface area contributed by atoms with Gasteiger partial charge in [-0.2, -0.15) is 0 Å². The van der Waals surface area contributed by atoms with E-state index in [2.05, 4.69) is 12.2 Å². The highest BCUT2D eigenvalue weighted by molar-refractivity contribution is 5.94. The molecule has 1 saturated heterocycles. The summed E-state index contributed by atoms with van der Waals surface area (Å²) in [6.07, 6.45) is 0.941. The normalized spacial score (nSPS) is 14.2. The Labute approximate surface area is 152 Å². The van der Waals surface area contributed by atoms with Crippen molar-refractivity contribution in [3.63, 3.8) is 0 Å². The smallest absolute Gasteiger partial charge is 0.321 e. The summed E-state index contributed by atoms with van der Waals surface area (Å²) < 4.78 is 12.9. The Morgan fingerprint density at radius 2 is 1.50 bits per heavy atom. The van der Waals surface area contributed by atoms with Crippen LogP contribution in [0.15, 0.2) is 48.5 Å². The molecule has 1 N–H and O–H groups in total. The molecule has 26 heavy (non-hydrogen) atoms. The van der Waals surface area contributed by atoms with Crippen molar-refractivity contribution < 1.29 is 14.0 Å². The predicted octanol–water partition coefficient (Wildman–Crippen LogP) is 3.38. The summed E-state index contributed by atoms with van der Waals surface area (Å²) in [4.78, 5) is 28.3. The van der Waals surface area contributed by atoms with E-state index in [0.717, 1.165) is 6.42 Å². The number of anilines is 1. The van der Waals surface area contributed by atoms with E-state index in [-0.39, 0.29) is 17.8 Å². The van der Waals surface area contributed by atoms with Crippen molar-refractivity contribution in [2.45, 2.75) is 13.3 Å². The van der Waals surface area contributed by atoms with Crippen molar-refractivity contribution in [1.82, 2.24) is 9.80 Å². The quantitative estimate of drug-likeness (QED) is 0.918. The maximum atomic E-state index is 12.9. The Morgan fingerprint density at radius 3 is 2.08 bits per heavy atom. The number of hydrogen-bond donors (Lipinski definition) is 1. The number of halogens is 1. The zero-order valence-corrected chi connectivity index (χ0v) is 14.7. The Morgan fingerprint density at radius 1 is 0.923 bits per heavy atom. The number of hydrogen-bond acceptors (Lipinski definition) is 2. The third kappa shape index (κ3) is 4.20. The van der Waals surface area contributed by atoms with E-state index in [9.17, 15) is 14.0 Å². The van der Waals surface area contributed by atoms with Gasteiger partial charge in [-0.1, -0.05) is 19.1 Å². The highest BCUT2D eigenvalue weighted by Crippen LogP contribution is 2.13. The highest BCUT2D eigenvalue weighted by Gasteiger charge is 2.24. The van der Waals surface area contributed by atoms with Crippen molar-refractivity contribution >= 4 is 17.6 Å². The Bertz CT molecular complexity index is 767. The van der Waals surface area contributed by atoms with Crippen LogP contribution in [0, 0.1) is 5.82 Å². The Balaban J connectivity index is 1.53. The van der Waals surface area contributed by atoms with Gasteiger partial charge in [0.25, 0.3) is 5.91 Å². The van der Waals surface area contributed by atoms with Crippen molar-refractivity contribution in [3.8, 4) is 0 Å². The number of carbonyl (C=O) groups is 2. The SMILES string of the molecule is CCc1ccc(C(=O)N2CCN(C(=O)Nc3ccc(F)cc3)CC2)cc1. The van der Waals surface area contributed by atoms with Crippen LogP contribution >= 0.6 is 0 Å². The van der Waals surface area contributed by atoms with Crippen LogP contribution in [0.4, 0.5) is 14.9 Å². The van der Waals surface area contributed by atoms with Crippen LogP contribution in [0.2, 0.25) is 0 Å². The third-order valence-electron chi connectivity index (χ3n) is 4.56. The first kappa shape index (κ1) is 17.9. The van der Waals surface area contributed by atoms with Gasteiger partial charge in [-0.15, -0.1) is 0 Å². The first-order chi connectivity index (χ1) is 12.6. The molecule has 0 aromatic heterocycles. The topological polar surface area (TPSA) is 52.7 Å². The number of urea groups is 1. The number of benzene rings is 2. The largest absolute Gasteiger partial charge is 0.335 e.